The molecule has 0 radical (unpaired) electrons. The number of pyridine rings is 2. The Labute approximate surface area is 207 Å². The molecule has 6 aromatic rings. The molecule has 3 N–H and O–H groups in total. The van der Waals surface area contributed by atoms with Crippen LogP contribution in [-0.2, 0) is 6.54 Å². The van der Waals surface area contributed by atoms with Gasteiger partial charge in [0.1, 0.15) is 11.2 Å². The number of thiophene rings is 1. The predicted molar refractivity (Wildman–Crippen MR) is 144 cm³/mol. The van der Waals surface area contributed by atoms with Gasteiger partial charge in [0, 0.05) is 41.6 Å². The maximum Gasteiger partial charge on any atom is 0.159 e. The molecule has 35 heavy (non-hydrogen) atoms. The van der Waals surface area contributed by atoms with Crippen molar-refractivity contribution in [3.8, 4) is 33.8 Å². The third-order valence-corrected chi connectivity index (χ3v) is 6.40. The van der Waals surface area contributed by atoms with Crippen LogP contribution in [-0.4, -0.2) is 36.7 Å². The van der Waals surface area contributed by atoms with Gasteiger partial charge in [-0.3, -0.25) is 15.1 Å². The molecule has 6 rings (SSSR count). The van der Waals surface area contributed by atoms with Crippen LogP contribution < -0.4 is 5.32 Å². The minimum Gasteiger partial charge on any atom is -0.335 e. The second kappa shape index (κ2) is 10.2. The van der Waals surface area contributed by atoms with Crippen molar-refractivity contribution in [3.63, 3.8) is 0 Å². The Balaban J connectivity index is 0.00000124. The first-order valence-electron chi connectivity index (χ1n) is 11.8. The lowest BCUT2D eigenvalue weighted by Gasteiger charge is -2.06. The van der Waals surface area contributed by atoms with Gasteiger partial charge in [-0.15, -0.1) is 0 Å². The van der Waals surface area contributed by atoms with E-state index >= 15 is 0 Å². The highest BCUT2D eigenvalue weighted by molar-refractivity contribution is 7.08. The summed E-state index contributed by atoms with van der Waals surface area (Å²) >= 11 is 1.66. The van der Waals surface area contributed by atoms with Gasteiger partial charge in [0.25, 0.3) is 0 Å². The molecule has 0 saturated carbocycles. The largest absolute Gasteiger partial charge is 0.335 e. The molecular formula is C27H27N7S. The first-order valence-corrected chi connectivity index (χ1v) is 12.7. The van der Waals surface area contributed by atoms with E-state index in [9.17, 15) is 0 Å². The van der Waals surface area contributed by atoms with Crippen molar-refractivity contribution in [2.24, 2.45) is 0 Å². The molecule has 1 aromatic carbocycles. The fourth-order valence-electron chi connectivity index (χ4n) is 4.06. The van der Waals surface area contributed by atoms with Crippen molar-refractivity contribution in [2.75, 3.05) is 6.54 Å². The Hall–Kier alpha value is -3.88. The smallest absolute Gasteiger partial charge is 0.159 e. The van der Waals surface area contributed by atoms with Gasteiger partial charge in [0.2, 0.25) is 0 Å². The van der Waals surface area contributed by atoms with Crippen LogP contribution in [0.3, 0.4) is 0 Å². The van der Waals surface area contributed by atoms with Crippen LogP contribution in [0.15, 0.2) is 65.9 Å². The molecule has 8 heteroatoms. The molecule has 0 unspecified atom stereocenters. The molecule has 5 aromatic heterocycles. The van der Waals surface area contributed by atoms with E-state index in [4.69, 9.17) is 4.98 Å². The summed E-state index contributed by atoms with van der Waals surface area (Å²) in [5, 5.41) is 16.3. The van der Waals surface area contributed by atoms with Crippen LogP contribution >= 0.6 is 11.3 Å². The summed E-state index contributed by atoms with van der Waals surface area (Å²) in [6.45, 7) is 7.83. The zero-order chi connectivity index (χ0) is 24.2. The van der Waals surface area contributed by atoms with E-state index in [0.29, 0.717) is 0 Å². The SMILES string of the molecule is CC.CCNCc1cncc(-c2ccc3[nH]nc(-c4nc5c(-c6ccsc6)cncc5[nH]4)c3c2)c1. The van der Waals surface area contributed by atoms with Crippen molar-refractivity contribution >= 4 is 33.3 Å². The van der Waals surface area contributed by atoms with Crippen LogP contribution in [0, 0.1) is 0 Å². The van der Waals surface area contributed by atoms with E-state index in [1.54, 1.807) is 11.3 Å². The fourth-order valence-corrected chi connectivity index (χ4v) is 4.72. The first-order chi connectivity index (χ1) is 17.3. The van der Waals surface area contributed by atoms with Crippen LogP contribution in [0.4, 0.5) is 0 Å². The molecule has 7 nitrogen and oxygen atoms in total. The predicted octanol–water partition coefficient (Wildman–Crippen LogP) is 6.43. The van der Waals surface area contributed by atoms with Gasteiger partial charge in [0.15, 0.2) is 5.82 Å². The summed E-state index contributed by atoms with van der Waals surface area (Å²) in [5.74, 6) is 0.719. The van der Waals surface area contributed by atoms with E-state index < -0.39 is 0 Å². The maximum absolute atomic E-state index is 4.92. The quantitative estimate of drug-likeness (QED) is 0.255. The fraction of sp³-hybridized carbons (Fsp3) is 0.185. The number of hydrogen-bond donors (Lipinski definition) is 3. The number of hydrogen-bond acceptors (Lipinski definition) is 6. The van der Waals surface area contributed by atoms with Crippen LogP contribution in [0.2, 0.25) is 0 Å². The average Bonchev–Trinajstić information content (AvgIpc) is 3.67. The Morgan fingerprint density at radius 2 is 1.80 bits per heavy atom. The molecular weight excluding hydrogens is 454 g/mol. The zero-order valence-corrected chi connectivity index (χ0v) is 20.8. The van der Waals surface area contributed by atoms with Crippen LogP contribution in [0.5, 0.6) is 0 Å². The number of aromatic nitrogens is 6. The summed E-state index contributed by atoms with van der Waals surface area (Å²) in [4.78, 5) is 17.2. The lowest BCUT2D eigenvalue weighted by molar-refractivity contribution is 0.724. The molecule has 5 heterocycles. The van der Waals surface area contributed by atoms with Gasteiger partial charge in [-0.2, -0.15) is 16.4 Å². The summed E-state index contributed by atoms with van der Waals surface area (Å²) < 4.78 is 0. The average molecular weight is 482 g/mol. The molecule has 0 amide bonds. The number of fused-ring (bicyclic) bond motifs is 2. The molecule has 0 aliphatic carbocycles. The third-order valence-electron chi connectivity index (χ3n) is 5.72. The lowest BCUT2D eigenvalue weighted by Crippen LogP contribution is -2.11. The van der Waals surface area contributed by atoms with Gasteiger partial charge in [-0.05, 0) is 58.3 Å². The summed E-state index contributed by atoms with van der Waals surface area (Å²) in [6, 6.07) is 10.6. The third kappa shape index (κ3) is 4.45. The summed E-state index contributed by atoms with van der Waals surface area (Å²) in [5.41, 5.74) is 8.99. The number of benzene rings is 1. The monoisotopic (exact) mass is 481 g/mol. The van der Waals surface area contributed by atoms with Crippen molar-refractivity contribution in [1.29, 1.82) is 0 Å². The Morgan fingerprint density at radius 3 is 2.63 bits per heavy atom. The first kappa shape index (κ1) is 22.9. The van der Waals surface area contributed by atoms with Crippen molar-refractivity contribution in [1.82, 2.24) is 35.5 Å². The standard InChI is InChI=1S/C25H21N7S.C2H6/c1-2-26-9-15-7-18(11-27-10-15)16-3-4-21-19(8-16)24(32-31-21)25-29-22-13-28-12-20(23(22)30-25)17-5-6-33-14-17;1-2/h3-8,10-14,26H,2,9H2,1H3,(H,29,30)(H,31,32);1-2H3. The maximum atomic E-state index is 4.92. The molecule has 0 spiro atoms. The second-order valence-corrected chi connectivity index (χ2v) is 8.66. The highest BCUT2D eigenvalue weighted by Crippen LogP contribution is 2.33. The zero-order valence-electron chi connectivity index (χ0n) is 20.0. The number of H-pyrrole nitrogens is 2. The highest BCUT2D eigenvalue weighted by Gasteiger charge is 2.16. The summed E-state index contributed by atoms with van der Waals surface area (Å²) in [7, 11) is 0. The minimum atomic E-state index is 0.719. The van der Waals surface area contributed by atoms with Gasteiger partial charge < -0.3 is 10.3 Å². The molecule has 0 aliphatic heterocycles. The molecule has 0 aliphatic rings. The molecule has 0 bridgehead atoms. The van der Waals surface area contributed by atoms with E-state index in [1.807, 2.05) is 38.6 Å². The van der Waals surface area contributed by atoms with E-state index in [1.165, 1.54) is 0 Å². The highest BCUT2D eigenvalue weighted by atomic mass is 32.1. The Bertz CT molecular complexity index is 1560. The number of imidazole rings is 1. The van der Waals surface area contributed by atoms with Crippen LogP contribution in [0.1, 0.15) is 26.3 Å². The van der Waals surface area contributed by atoms with Crippen molar-refractivity contribution in [3.05, 3.63) is 71.4 Å². The number of rotatable bonds is 6. The number of nitrogens with zero attached hydrogens (tertiary/aromatic N) is 4. The van der Waals surface area contributed by atoms with E-state index in [2.05, 4.69) is 78.5 Å². The summed E-state index contributed by atoms with van der Waals surface area (Å²) in [6.07, 6.45) is 7.48. The Kier molecular flexibility index (Phi) is 6.65. The van der Waals surface area contributed by atoms with Crippen molar-refractivity contribution < 1.29 is 0 Å². The topological polar surface area (TPSA) is 95.2 Å². The number of nitrogens with one attached hydrogen (secondary N) is 3. The van der Waals surface area contributed by atoms with Crippen molar-refractivity contribution in [2.45, 2.75) is 27.3 Å². The van der Waals surface area contributed by atoms with Crippen LogP contribution in [0.25, 0.3) is 55.7 Å². The normalized spacial score (nSPS) is 11.1. The Morgan fingerprint density at radius 1 is 0.914 bits per heavy atom. The lowest BCUT2D eigenvalue weighted by atomic mass is 10.0. The van der Waals surface area contributed by atoms with E-state index in [0.717, 1.165) is 74.4 Å². The van der Waals surface area contributed by atoms with Gasteiger partial charge in [-0.1, -0.05) is 26.8 Å². The van der Waals surface area contributed by atoms with Gasteiger partial charge in [0.05, 0.1) is 17.2 Å². The molecule has 0 atom stereocenters. The molecule has 176 valence electrons. The minimum absolute atomic E-state index is 0.719. The van der Waals surface area contributed by atoms with Gasteiger partial charge in [-0.25, -0.2) is 4.98 Å². The number of aromatic amines is 2. The van der Waals surface area contributed by atoms with E-state index in [-0.39, 0.29) is 0 Å². The van der Waals surface area contributed by atoms with Gasteiger partial charge >= 0.3 is 0 Å². The molecule has 0 fully saturated rings. The molecule has 0 saturated heterocycles. The second-order valence-electron chi connectivity index (χ2n) is 7.88.